The first-order valence-electron chi connectivity index (χ1n) is 7.88. The molecule has 0 amide bonds. The number of hydrogen-bond acceptors (Lipinski definition) is 4. The molecule has 4 nitrogen and oxygen atoms in total. The van der Waals surface area contributed by atoms with Crippen LogP contribution >= 0.6 is 0 Å². The molecule has 1 rings (SSSR count). The molecule has 3 unspecified atom stereocenters. The normalized spacial score (nSPS) is 24.6. The molecule has 0 saturated heterocycles. The minimum Gasteiger partial charge on any atom is -0.462 e. The second-order valence-corrected chi connectivity index (χ2v) is 5.03. The van der Waals surface area contributed by atoms with Gasteiger partial charge in [-0.05, 0) is 24.7 Å². The first kappa shape index (κ1) is 18.9. The number of carbonyl (C=O) groups is 2. The molecule has 0 aromatic carbocycles. The molecule has 0 radical (unpaired) electrons. The summed E-state index contributed by atoms with van der Waals surface area (Å²) in [5.41, 5.74) is 0. The molecule has 4 heteroatoms. The molecule has 1 aliphatic carbocycles. The SMILES string of the molecule is CC.CCC1CC(CC)C(C(=O)OCCOC(C)=O)C1. The summed E-state index contributed by atoms with van der Waals surface area (Å²) in [6.45, 7) is 9.97. The fraction of sp³-hybridized carbons (Fsp3) is 0.875. The Kier molecular flexibility index (Phi) is 10.1. The molecule has 1 fully saturated rings. The van der Waals surface area contributed by atoms with Crippen LogP contribution < -0.4 is 0 Å². The van der Waals surface area contributed by atoms with E-state index >= 15 is 0 Å². The first-order chi connectivity index (χ1) is 9.58. The van der Waals surface area contributed by atoms with Crippen molar-refractivity contribution in [2.75, 3.05) is 13.2 Å². The van der Waals surface area contributed by atoms with Crippen molar-refractivity contribution in [1.82, 2.24) is 0 Å². The largest absolute Gasteiger partial charge is 0.462 e. The van der Waals surface area contributed by atoms with Gasteiger partial charge in [-0.2, -0.15) is 0 Å². The zero-order valence-corrected chi connectivity index (χ0v) is 13.6. The Morgan fingerprint density at radius 3 is 2.10 bits per heavy atom. The average Bonchev–Trinajstić information content (AvgIpc) is 2.88. The number of carbonyl (C=O) groups excluding carboxylic acids is 2. The van der Waals surface area contributed by atoms with Gasteiger partial charge in [-0.1, -0.05) is 40.5 Å². The van der Waals surface area contributed by atoms with Crippen LogP contribution in [0.4, 0.5) is 0 Å². The van der Waals surface area contributed by atoms with Gasteiger partial charge < -0.3 is 9.47 Å². The zero-order valence-electron chi connectivity index (χ0n) is 13.6. The molecule has 118 valence electrons. The average molecular weight is 286 g/mol. The topological polar surface area (TPSA) is 52.6 Å². The van der Waals surface area contributed by atoms with Gasteiger partial charge in [0.15, 0.2) is 0 Å². The fourth-order valence-electron chi connectivity index (χ4n) is 2.75. The summed E-state index contributed by atoms with van der Waals surface area (Å²) in [7, 11) is 0. The van der Waals surface area contributed by atoms with E-state index in [0.29, 0.717) is 11.8 Å². The van der Waals surface area contributed by atoms with E-state index in [1.165, 1.54) is 6.92 Å². The highest BCUT2D eigenvalue weighted by Crippen LogP contribution is 2.40. The standard InChI is InChI=1S/C14H24O4.C2H6/c1-4-11-8-12(5-2)13(9-11)14(16)18-7-6-17-10(3)15;1-2/h11-13H,4-9H2,1-3H3;1-2H3. The van der Waals surface area contributed by atoms with Gasteiger partial charge in [-0.3, -0.25) is 9.59 Å². The smallest absolute Gasteiger partial charge is 0.309 e. The predicted molar refractivity (Wildman–Crippen MR) is 79.2 cm³/mol. The summed E-state index contributed by atoms with van der Waals surface area (Å²) in [5.74, 6) is 0.684. The van der Waals surface area contributed by atoms with Crippen molar-refractivity contribution in [1.29, 1.82) is 0 Å². The van der Waals surface area contributed by atoms with Crippen LogP contribution in [0, 0.1) is 17.8 Å². The van der Waals surface area contributed by atoms with Crippen molar-refractivity contribution in [3.63, 3.8) is 0 Å². The number of rotatable bonds is 6. The van der Waals surface area contributed by atoms with Crippen molar-refractivity contribution in [2.45, 2.75) is 60.3 Å². The molecule has 0 aromatic rings. The summed E-state index contributed by atoms with van der Waals surface area (Å²) >= 11 is 0. The van der Waals surface area contributed by atoms with Crippen molar-refractivity contribution < 1.29 is 19.1 Å². The summed E-state index contributed by atoms with van der Waals surface area (Å²) < 4.78 is 9.92. The summed E-state index contributed by atoms with van der Waals surface area (Å²) in [5, 5.41) is 0. The highest BCUT2D eigenvalue weighted by atomic mass is 16.6. The second kappa shape index (κ2) is 10.7. The molecular weight excluding hydrogens is 256 g/mol. The molecule has 0 aromatic heterocycles. The van der Waals surface area contributed by atoms with Gasteiger partial charge in [0.2, 0.25) is 0 Å². The van der Waals surface area contributed by atoms with E-state index < -0.39 is 0 Å². The molecule has 0 bridgehead atoms. The maximum Gasteiger partial charge on any atom is 0.309 e. The van der Waals surface area contributed by atoms with E-state index in [1.807, 2.05) is 13.8 Å². The van der Waals surface area contributed by atoms with Gasteiger partial charge in [0.1, 0.15) is 13.2 Å². The van der Waals surface area contributed by atoms with Crippen LogP contribution in [0.3, 0.4) is 0 Å². The Morgan fingerprint density at radius 1 is 1.00 bits per heavy atom. The number of esters is 2. The first-order valence-corrected chi connectivity index (χ1v) is 7.88. The zero-order chi connectivity index (χ0) is 15.5. The van der Waals surface area contributed by atoms with Crippen LogP contribution in [0.5, 0.6) is 0 Å². The molecule has 20 heavy (non-hydrogen) atoms. The van der Waals surface area contributed by atoms with Gasteiger partial charge in [0, 0.05) is 6.92 Å². The van der Waals surface area contributed by atoms with Crippen LogP contribution in [0.2, 0.25) is 0 Å². The van der Waals surface area contributed by atoms with Gasteiger partial charge >= 0.3 is 11.9 Å². The third-order valence-electron chi connectivity index (χ3n) is 3.83. The third kappa shape index (κ3) is 6.40. The summed E-state index contributed by atoms with van der Waals surface area (Å²) in [6.07, 6.45) is 4.24. The molecule has 3 atom stereocenters. The maximum atomic E-state index is 12.0. The van der Waals surface area contributed by atoms with Crippen molar-refractivity contribution in [3.05, 3.63) is 0 Å². The quantitative estimate of drug-likeness (QED) is 0.553. The van der Waals surface area contributed by atoms with Crippen molar-refractivity contribution >= 4 is 11.9 Å². The maximum absolute atomic E-state index is 12.0. The number of ether oxygens (including phenoxy) is 2. The van der Waals surface area contributed by atoms with Gasteiger partial charge in [0.25, 0.3) is 0 Å². The Bertz CT molecular complexity index is 288. The van der Waals surface area contributed by atoms with Crippen LogP contribution in [0.15, 0.2) is 0 Å². The van der Waals surface area contributed by atoms with Crippen LogP contribution in [-0.2, 0) is 19.1 Å². The molecule has 0 spiro atoms. The van der Waals surface area contributed by atoms with Gasteiger partial charge in [-0.15, -0.1) is 0 Å². The van der Waals surface area contributed by atoms with E-state index in [9.17, 15) is 9.59 Å². The van der Waals surface area contributed by atoms with E-state index in [2.05, 4.69) is 13.8 Å². The van der Waals surface area contributed by atoms with Crippen molar-refractivity contribution in [2.24, 2.45) is 17.8 Å². The monoisotopic (exact) mass is 286 g/mol. The lowest BCUT2D eigenvalue weighted by Crippen LogP contribution is -2.23. The molecular formula is C16H30O4. The predicted octanol–water partition coefficient (Wildman–Crippen LogP) is 3.58. The molecule has 0 heterocycles. The van der Waals surface area contributed by atoms with Gasteiger partial charge in [0.05, 0.1) is 5.92 Å². The van der Waals surface area contributed by atoms with Crippen LogP contribution in [0.1, 0.15) is 60.3 Å². The summed E-state index contributed by atoms with van der Waals surface area (Å²) in [6, 6.07) is 0. The lowest BCUT2D eigenvalue weighted by atomic mass is 9.94. The third-order valence-corrected chi connectivity index (χ3v) is 3.83. The van der Waals surface area contributed by atoms with E-state index in [-0.39, 0.29) is 31.1 Å². The highest BCUT2D eigenvalue weighted by Gasteiger charge is 2.37. The Hall–Kier alpha value is -1.06. The van der Waals surface area contributed by atoms with Crippen molar-refractivity contribution in [3.8, 4) is 0 Å². The van der Waals surface area contributed by atoms with Crippen LogP contribution in [-0.4, -0.2) is 25.2 Å². The second-order valence-electron chi connectivity index (χ2n) is 5.03. The Morgan fingerprint density at radius 2 is 1.60 bits per heavy atom. The Labute approximate surface area is 123 Å². The highest BCUT2D eigenvalue weighted by molar-refractivity contribution is 5.73. The molecule has 0 N–H and O–H groups in total. The van der Waals surface area contributed by atoms with Crippen LogP contribution in [0.25, 0.3) is 0 Å². The van der Waals surface area contributed by atoms with E-state index in [4.69, 9.17) is 9.47 Å². The van der Waals surface area contributed by atoms with E-state index in [0.717, 1.165) is 25.7 Å². The molecule has 0 aliphatic heterocycles. The minimum atomic E-state index is -0.343. The van der Waals surface area contributed by atoms with E-state index in [1.54, 1.807) is 0 Å². The Balaban J connectivity index is 0.00000172. The fourth-order valence-corrected chi connectivity index (χ4v) is 2.75. The lowest BCUT2D eigenvalue weighted by molar-refractivity contribution is -0.155. The molecule has 1 saturated carbocycles. The van der Waals surface area contributed by atoms with Gasteiger partial charge in [-0.25, -0.2) is 0 Å². The molecule has 1 aliphatic rings. The minimum absolute atomic E-state index is 0.0391. The number of hydrogen-bond donors (Lipinski definition) is 0. The lowest BCUT2D eigenvalue weighted by Gasteiger charge is -2.16. The summed E-state index contributed by atoms with van der Waals surface area (Å²) in [4.78, 5) is 22.5.